The summed E-state index contributed by atoms with van der Waals surface area (Å²) in [6, 6.07) is 18.9. The van der Waals surface area contributed by atoms with Gasteiger partial charge in [-0.25, -0.2) is 0 Å². The molecule has 0 N–H and O–H groups in total. The Hall–Kier alpha value is -2.06. The molecule has 1 fully saturated rings. The third-order valence-electron chi connectivity index (χ3n) is 3.54. The number of ether oxygens (including phenoxy) is 2. The van der Waals surface area contributed by atoms with Crippen LogP contribution in [0.25, 0.3) is 21.5 Å². The molecule has 1 aliphatic heterocycles. The molecule has 0 spiro atoms. The van der Waals surface area contributed by atoms with Crippen molar-refractivity contribution in [1.29, 1.82) is 0 Å². The average molecular weight is 250 g/mol. The highest BCUT2D eigenvalue weighted by Crippen LogP contribution is 2.35. The van der Waals surface area contributed by atoms with Crippen molar-refractivity contribution < 1.29 is 9.47 Å². The van der Waals surface area contributed by atoms with Gasteiger partial charge in [-0.05, 0) is 16.8 Å². The Morgan fingerprint density at radius 1 is 0.947 bits per heavy atom. The van der Waals surface area contributed by atoms with Gasteiger partial charge in [0.05, 0.1) is 6.61 Å². The van der Waals surface area contributed by atoms with Crippen LogP contribution in [0.5, 0.6) is 5.75 Å². The molecule has 0 aromatic heterocycles. The molecular weight excluding hydrogens is 236 g/mol. The monoisotopic (exact) mass is 250 g/mol. The second kappa shape index (κ2) is 4.25. The average Bonchev–Trinajstić information content (AvgIpc) is 3.27. The lowest BCUT2D eigenvalue weighted by molar-refractivity contribution is 0.267. The lowest BCUT2D eigenvalue weighted by Gasteiger charge is -2.12. The molecular formula is C17H14O2. The van der Waals surface area contributed by atoms with E-state index in [9.17, 15) is 0 Å². The lowest BCUT2D eigenvalue weighted by Crippen LogP contribution is -2.04. The molecule has 2 heteroatoms. The summed E-state index contributed by atoms with van der Waals surface area (Å²) in [6.07, 6.45) is 0.276. The first kappa shape index (κ1) is 10.8. The number of rotatable bonds is 3. The van der Waals surface area contributed by atoms with Gasteiger partial charge in [0, 0.05) is 10.8 Å². The quantitative estimate of drug-likeness (QED) is 0.521. The first-order valence-corrected chi connectivity index (χ1v) is 6.57. The maximum atomic E-state index is 6.03. The van der Waals surface area contributed by atoms with E-state index in [-0.39, 0.29) is 6.10 Å². The van der Waals surface area contributed by atoms with Crippen LogP contribution in [0.3, 0.4) is 0 Å². The van der Waals surface area contributed by atoms with Gasteiger partial charge in [0.15, 0.2) is 0 Å². The van der Waals surface area contributed by atoms with Gasteiger partial charge < -0.3 is 9.47 Å². The zero-order chi connectivity index (χ0) is 12.7. The Morgan fingerprint density at radius 3 is 2.11 bits per heavy atom. The summed E-state index contributed by atoms with van der Waals surface area (Å²) in [5.74, 6) is 0.976. The van der Waals surface area contributed by atoms with Crippen molar-refractivity contribution in [3.05, 3.63) is 54.6 Å². The van der Waals surface area contributed by atoms with Gasteiger partial charge in [0.2, 0.25) is 0 Å². The van der Waals surface area contributed by atoms with Crippen LogP contribution in [0, 0.1) is 0 Å². The molecule has 3 aromatic carbocycles. The molecule has 0 unspecified atom stereocenters. The normalized spacial score (nSPS) is 17.8. The topological polar surface area (TPSA) is 21.8 Å². The van der Waals surface area contributed by atoms with E-state index in [1.807, 2.05) is 0 Å². The Morgan fingerprint density at radius 2 is 1.53 bits per heavy atom. The van der Waals surface area contributed by atoms with Crippen LogP contribution in [0.1, 0.15) is 0 Å². The molecule has 0 bridgehead atoms. The summed E-state index contributed by atoms with van der Waals surface area (Å²) in [5.41, 5.74) is 0. The number of benzene rings is 3. The molecule has 1 saturated heterocycles. The van der Waals surface area contributed by atoms with E-state index in [2.05, 4.69) is 54.6 Å². The van der Waals surface area contributed by atoms with Crippen molar-refractivity contribution in [1.82, 2.24) is 0 Å². The molecule has 3 aromatic rings. The predicted molar refractivity (Wildman–Crippen MR) is 76.7 cm³/mol. The molecule has 94 valence electrons. The van der Waals surface area contributed by atoms with E-state index >= 15 is 0 Å². The van der Waals surface area contributed by atoms with Crippen LogP contribution in [-0.4, -0.2) is 19.3 Å². The first-order chi connectivity index (χ1) is 9.42. The SMILES string of the molecule is c1ccc2c(OC[C@H]3CO3)c3ccccc3cc2c1. The Kier molecular flexibility index (Phi) is 2.42. The number of epoxide rings is 1. The maximum Gasteiger partial charge on any atom is 0.135 e. The smallest absolute Gasteiger partial charge is 0.135 e. The molecule has 19 heavy (non-hydrogen) atoms. The third-order valence-corrected chi connectivity index (χ3v) is 3.54. The van der Waals surface area contributed by atoms with Crippen molar-refractivity contribution in [3.8, 4) is 5.75 Å². The van der Waals surface area contributed by atoms with Gasteiger partial charge in [-0.3, -0.25) is 0 Å². The van der Waals surface area contributed by atoms with Gasteiger partial charge in [0.1, 0.15) is 18.5 Å². The summed E-state index contributed by atoms with van der Waals surface area (Å²) < 4.78 is 11.3. The van der Waals surface area contributed by atoms with Gasteiger partial charge in [-0.15, -0.1) is 0 Å². The lowest BCUT2D eigenvalue weighted by atomic mass is 10.0. The molecule has 0 aliphatic carbocycles. The summed E-state index contributed by atoms with van der Waals surface area (Å²) >= 11 is 0. The molecule has 0 saturated carbocycles. The van der Waals surface area contributed by atoms with Gasteiger partial charge in [-0.2, -0.15) is 0 Å². The molecule has 2 nitrogen and oxygen atoms in total. The van der Waals surface area contributed by atoms with E-state index in [0.717, 1.165) is 12.4 Å². The fourth-order valence-corrected chi connectivity index (χ4v) is 2.47. The van der Waals surface area contributed by atoms with Crippen LogP contribution in [0.4, 0.5) is 0 Å². The van der Waals surface area contributed by atoms with E-state index in [1.54, 1.807) is 0 Å². The van der Waals surface area contributed by atoms with Crippen molar-refractivity contribution in [2.24, 2.45) is 0 Å². The zero-order valence-electron chi connectivity index (χ0n) is 10.5. The molecule has 0 radical (unpaired) electrons. The van der Waals surface area contributed by atoms with Crippen molar-refractivity contribution in [2.45, 2.75) is 6.10 Å². The third kappa shape index (κ3) is 1.94. The van der Waals surface area contributed by atoms with Crippen LogP contribution in [0.15, 0.2) is 54.6 Å². The predicted octanol–water partition coefficient (Wildman–Crippen LogP) is 3.77. The van der Waals surface area contributed by atoms with E-state index in [1.165, 1.54) is 21.5 Å². The molecule has 1 heterocycles. The van der Waals surface area contributed by atoms with E-state index < -0.39 is 0 Å². The fourth-order valence-electron chi connectivity index (χ4n) is 2.47. The zero-order valence-corrected chi connectivity index (χ0v) is 10.5. The minimum atomic E-state index is 0.276. The number of hydrogen-bond acceptors (Lipinski definition) is 2. The van der Waals surface area contributed by atoms with Gasteiger partial charge in [0.25, 0.3) is 0 Å². The number of hydrogen-bond donors (Lipinski definition) is 0. The molecule has 1 aliphatic rings. The Labute approximate surface area is 111 Å². The van der Waals surface area contributed by atoms with Crippen LogP contribution < -0.4 is 4.74 Å². The molecule has 1 atom stereocenters. The Bertz CT molecular complexity index is 690. The largest absolute Gasteiger partial charge is 0.489 e. The van der Waals surface area contributed by atoms with E-state index in [0.29, 0.717) is 6.61 Å². The summed E-state index contributed by atoms with van der Waals surface area (Å²) in [7, 11) is 0. The summed E-state index contributed by atoms with van der Waals surface area (Å²) in [5, 5.41) is 4.77. The Balaban J connectivity index is 1.95. The van der Waals surface area contributed by atoms with Crippen LogP contribution in [-0.2, 0) is 4.74 Å². The maximum absolute atomic E-state index is 6.03. The first-order valence-electron chi connectivity index (χ1n) is 6.57. The molecule has 4 rings (SSSR count). The molecule has 0 amide bonds. The standard InChI is InChI=1S/C17H14O2/c1-3-7-15-12(5-1)9-13-6-2-4-8-16(13)17(15)19-11-14-10-18-14/h1-9,14H,10-11H2/t14-/m1/s1. The highest BCUT2D eigenvalue weighted by molar-refractivity contribution is 6.05. The fraction of sp³-hybridized carbons (Fsp3) is 0.176. The number of fused-ring (bicyclic) bond motifs is 2. The minimum Gasteiger partial charge on any atom is -0.489 e. The highest BCUT2D eigenvalue weighted by atomic mass is 16.6. The summed E-state index contributed by atoms with van der Waals surface area (Å²) in [6.45, 7) is 1.46. The van der Waals surface area contributed by atoms with Gasteiger partial charge in [-0.1, -0.05) is 48.5 Å². The summed E-state index contributed by atoms with van der Waals surface area (Å²) in [4.78, 5) is 0. The highest BCUT2D eigenvalue weighted by Gasteiger charge is 2.23. The van der Waals surface area contributed by atoms with Crippen molar-refractivity contribution in [2.75, 3.05) is 13.2 Å². The van der Waals surface area contributed by atoms with Crippen LogP contribution in [0.2, 0.25) is 0 Å². The second-order valence-corrected chi connectivity index (χ2v) is 4.91. The van der Waals surface area contributed by atoms with Gasteiger partial charge >= 0.3 is 0 Å². The van der Waals surface area contributed by atoms with E-state index in [4.69, 9.17) is 9.47 Å². The minimum absolute atomic E-state index is 0.276. The van der Waals surface area contributed by atoms with Crippen molar-refractivity contribution in [3.63, 3.8) is 0 Å². The second-order valence-electron chi connectivity index (χ2n) is 4.91. The van der Waals surface area contributed by atoms with Crippen LogP contribution >= 0.6 is 0 Å². The van der Waals surface area contributed by atoms with Crippen molar-refractivity contribution >= 4 is 21.5 Å².